The number of hydrogen-bond acceptors (Lipinski definition) is 8. The van der Waals surface area contributed by atoms with E-state index in [0.29, 0.717) is 11.5 Å². The summed E-state index contributed by atoms with van der Waals surface area (Å²) in [7, 11) is 0. The summed E-state index contributed by atoms with van der Waals surface area (Å²) < 4.78 is 6.19. The number of rotatable bonds is 2. The fourth-order valence-electron chi connectivity index (χ4n) is 2.77. The number of fused-ring (bicyclic) bond motifs is 1. The molecule has 0 radical (unpaired) electrons. The number of aryl methyl sites for hydroxylation is 1. The summed E-state index contributed by atoms with van der Waals surface area (Å²) in [5.74, 6) is 7.11. The minimum absolute atomic E-state index is 0.135. The molecule has 0 bridgehead atoms. The highest BCUT2D eigenvalue weighted by Gasteiger charge is 2.25. The first-order valence-corrected chi connectivity index (χ1v) is 9.90. The molecule has 0 fully saturated rings. The number of hydrogen-bond donors (Lipinski definition) is 3. The SMILES string of the molecule is C#C.C[C@@H](O)C#Cc1ccc2c(C(C)(C)O)nn(-c3ccnc(N)n3)c2c1.Cc1ccno1. The minimum atomic E-state index is -1.13. The molecule has 0 aliphatic carbocycles. The second-order valence-corrected chi connectivity index (χ2v) is 7.39. The van der Waals surface area contributed by atoms with E-state index in [0.717, 1.165) is 22.2 Å². The highest BCUT2D eigenvalue weighted by atomic mass is 16.5. The third kappa shape index (κ3) is 6.65. The molecule has 4 aromatic rings. The number of nitrogen functional groups attached to an aromatic ring is 1. The van der Waals surface area contributed by atoms with Crippen LogP contribution in [0.25, 0.3) is 16.7 Å². The quantitative estimate of drug-likeness (QED) is 0.400. The van der Waals surface area contributed by atoms with Crippen LogP contribution < -0.4 is 5.73 Å². The number of anilines is 1. The summed E-state index contributed by atoms with van der Waals surface area (Å²) in [4.78, 5) is 8.10. The van der Waals surface area contributed by atoms with Crippen molar-refractivity contribution in [3.8, 4) is 30.5 Å². The summed E-state index contributed by atoms with van der Waals surface area (Å²) in [5, 5.41) is 28.6. The lowest BCUT2D eigenvalue weighted by molar-refractivity contribution is 0.0749. The zero-order valence-electron chi connectivity index (χ0n) is 18.9. The molecule has 0 amide bonds. The van der Waals surface area contributed by atoms with Crippen LogP contribution in [0.3, 0.4) is 0 Å². The Kier molecular flexibility index (Phi) is 8.30. The molecule has 0 saturated carbocycles. The first-order valence-electron chi connectivity index (χ1n) is 9.90. The largest absolute Gasteiger partial charge is 0.384 e. The molecule has 0 saturated heterocycles. The Morgan fingerprint density at radius 1 is 1.18 bits per heavy atom. The molecule has 33 heavy (non-hydrogen) atoms. The lowest BCUT2D eigenvalue weighted by atomic mass is 10.0. The highest BCUT2D eigenvalue weighted by Crippen LogP contribution is 2.29. The van der Waals surface area contributed by atoms with Crippen LogP contribution in [0.2, 0.25) is 0 Å². The molecule has 9 nitrogen and oxygen atoms in total. The van der Waals surface area contributed by atoms with Gasteiger partial charge in [0.1, 0.15) is 23.2 Å². The maximum absolute atomic E-state index is 10.5. The van der Waals surface area contributed by atoms with Crippen molar-refractivity contribution in [1.29, 1.82) is 0 Å². The Bertz CT molecular complexity index is 1270. The van der Waals surface area contributed by atoms with Gasteiger partial charge in [-0.15, -0.1) is 12.8 Å². The van der Waals surface area contributed by atoms with Crippen molar-refractivity contribution in [3.05, 3.63) is 59.7 Å². The van der Waals surface area contributed by atoms with Gasteiger partial charge in [0.2, 0.25) is 5.95 Å². The molecule has 9 heteroatoms. The fourth-order valence-corrected chi connectivity index (χ4v) is 2.77. The van der Waals surface area contributed by atoms with Gasteiger partial charge < -0.3 is 20.5 Å². The van der Waals surface area contributed by atoms with Crippen LogP contribution >= 0.6 is 0 Å². The second kappa shape index (κ2) is 10.9. The van der Waals surface area contributed by atoms with E-state index in [2.05, 4.69) is 49.4 Å². The van der Waals surface area contributed by atoms with Gasteiger partial charge in [-0.3, -0.25) is 0 Å². The fraction of sp³-hybridized carbons (Fsp3) is 0.250. The van der Waals surface area contributed by atoms with Crippen molar-refractivity contribution in [2.75, 3.05) is 5.73 Å². The van der Waals surface area contributed by atoms with Crippen LogP contribution in [0, 0.1) is 31.6 Å². The lowest BCUT2D eigenvalue weighted by Gasteiger charge is -2.14. The van der Waals surface area contributed by atoms with Gasteiger partial charge in [-0.1, -0.05) is 17.0 Å². The van der Waals surface area contributed by atoms with E-state index in [1.807, 2.05) is 25.1 Å². The Morgan fingerprint density at radius 2 is 1.91 bits per heavy atom. The molecule has 0 spiro atoms. The summed E-state index contributed by atoms with van der Waals surface area (Å²) >= 11 is 0. The van der Waals surface area contributed by atoms with E-state index in [1.54, 1.807) is 50.0 Å². The van der Waals surface area contributed by atoms with Crippen LogP contribution in [0.5, 0.6) is 0 Å². The van der Waals surface area contributed by atoms with E-state index in [1.165, 1.54) is 0 Å². The first-order chi connectivity index (χ1) is 15.6. The summed E-state index contributed by atoms with van der Waals surface area (Å²) in [5.41, 5.74) is 6.52. The van der Waals surface area contributed by atoms with Crippen LogP contribution in [0.4, 0.5) is 5.95 Å². The smallest absolute Gasteiger partial charge is 0.221 e. The first kappa shape index (κ1) is 25.1. The Hall–Kier alpha value is -4.18. The van der Waals surface area contributed by atoms with E-state index in [9.17, 15) is 10.2 Å². The van der Waals surface area contributed by atoms with Gasteiger partial charge in [0, 0.05) is 29.3 Å². The normalized spacial score (nSPS) is 11.3. The van der Waals surface area contributed by atoms with E-state index >= 15 is 0 Å². The molecule has 0 aliphatic heterocycles. The molecule has 0 aliphatic rings. The number of benzene rings is 1. The predicted octanol–water partition coefficient (Wildman–Crippen LogP) is 2.59. The number of terminal acetylenes is 1. The van der Waals surface area contributed by atoms with Gasteiger partial charge in [-0.2, -0.15) is 10.1 Å². The third-order valence-corrected chi connectivity index (χ3v) is 4.13. The zero-order valence-corrected chi connectivity index (χ0v) is 18.9. The zero-order chi connectivity index (χ0) is 24.6. The number of aliphatic hydroxyl groups excluding tert-OH is 1. The van der Waals surface area contributed by atoms with E-state index in [-0.39, 0.29) is 5.95 Å². The minimum Gasteiger partial charge on any atom is -0.384 e. The summed E-state index contributed by atoms with van der Waals surface area (Å²) in [6.07, 6.45) is 10.5. The van der Waals surface area contributed by atoms with Gasteiger partial charge in [-0.25, -0.2) is 9.67 Å². The Morgan fingerprint density at radius 3 is 2.42 bits per heavy atom. The van der Waals surface area contributed by atoms with Crippen LogP contribution in [-0.4, -0.2) is 41.2 Å². The summed E-state index contributed by atoms with van der Waals surface area (Å²) in [6, 6.07) is 9.01. The molecule has 1 aromatic carbocycles. The molecular formula is C24H26N6O3. The van der Waals surface area contributed by atoms with Crippen molar-refractivity contribution in [3.63, 3.8) is 0 Å². The number of aromatic nitrogens is 5. The number of nitrogens with two attached hydrogens (primary N) is 1. The average Bonchev–Trinajstić information content (AvgIpc) is 3.40. The summed E-state index contributed by atoms with van der Waals surface area (Å²) in [6.45, 7) is 6.81. The van der Waals surface area contributed by atoms with Gasteiger partial charge in [-0.05, 0) is 45.9 Å². The maximum atomic E-state index is 10.5. The standard InChI is InChI=1S/C18H19N5O2.C4H5NO.C2H2/c1-11(24)4-5-12-6-7-13-14(10-12)23(22-16(13)18(2,3)25)15-8-9-20-17(19)21-15;1-4-2-3-5-6-4;1-2/h6-11,24-25H,1-3H3,(H2,19,20,21);2-3H,1H3;1-2H/t11-;;/m1../s1. The lowest BCUT2D eigenvalue weighted by Crippen LogP contribution is -2.17. The molecule has 0 unspecified atom stereocenters. The van der Waals surface area contributed by atoms with Crippen molar-refractivity contribution in [2.45, 2.75) is 39.4 Å². The van der Waals surface area contributed by atoms with Crippen molar-refractivity contribution in [1.82, 2.24) is 24.9 Å². The maximum Gasteiger partial charge on any atom is 0.221 e. The van der Waals surface area contributed by atoms with Crippen molar-refractivity contribution in [2.24, 2.45) is 0 Å². The van der Waals surface area contributed by atoms with E-state index in [4.69, 9.17) is 5.73 Å². The highest BCUT2D eigenvalue weighted by molar-refractivity contribution is 5.85. The number of aliphatic hydroxyl groups is 2. The topological polar surface area (TPSA) is 136 Å². The molecule has 1 atom stereocenters. The van der Waals surface area contributed by atoms with Gasteiger partial charge in [0.05, 0.1) is 11.7 Å². The van der Waals surface area contributed by atoms with Crippen LogP contribution in [0.15, 0.2) is 47.2 Å². The Labute approximate surface area is 192 Å². The molecule has 170 valence electrons. The molecule has 4 N–H and O–H groups in total. The van der Waals surface area contributed by atoms with Crippen LogP contribution in [0.1, 0.15) is 37.8 Å². The Balaban J connectivity index is 0.000000411. The molecular weight excluding hydrogens is 420 g/mol. The average molecular weight is 447 g/mol. The van der Waals surface area contributed by atoms with E-state index < -0.39 is 11.7 Å². The van der Waals surface area contributed by atoms with Crippen LogP contribution in [-0.2, 0) is 5.60 Å². The molecule has 3 aromatic heterocycles. The third-order valence-electron chi connectivity index (χ3n) is 4.13. The second-order valence-electron chi connectivity index (χ2n) is 7.39. The van der Waals surface area contributed by atoms with Gasteiger partial charge in [0.15, 0.2) is 5.82 Å². The van der Waals surface area contributed by atoms with Gasteiger partial charge in [0.25, 0.3) is 0 Å². The predicted molar refractivity (Wildman–Crippen MR) is 126 cm³/mol. The van der Waals surface area contributed by atoms with Crippen molar-refractivity contribution < 1.29 is 14.7 Å². The monoisotopic (exact) mass is 446 g/mol. The molecule has 4 rings (SSSR count). The molecule has 3 heterocycles. The van der Waals surface area contributed by atoms with Crippen molar-refractivity contribution >= 4 is 16.9 Å². The number of nitrogens with zero attached hydrogens (tertiary/aromatic N) is 5. The van der Waals surface area contributed by atoms with Gasteiger partial charge >= 0.3 is 0 Å².